The first-order chi connectivity index (χ1) is 18.2. The van der Waals surface area contributed by atoms with Gasteiger partial charge < -0.3 is 4.42 Å². The zero-order valence-corrected chi connectivity index (χ0v) is 21.8. The smallest absolute Gasteiger partial charge is 0.192 e. The van der Waals surface area contributed by atoms with Gasteiger partial charge in [0, 0.05) is 22.3 Å². The summed E-state index contributed by atoms with van der Waals surface area (Å²) in [5, 5.41) is 12.1. The maximum Gasteiger partial charge on any atom is 0.192 e. The Hall–Kier alpha value is -3.58. The molecule has 0 saturated carbocycles. The summed E-state index contributed by atoms with van der Waals surface area (Å²) >= 11 is 13.9. The molecule has 0 amide bonds. The van der Waals surface area contributed by atoms with Gasteiger partial charge in [0.1, 0.15) is 5.76 Å². The number of hydrogen-bond acceptors (Lipinski definition) is 5. The van der Waals surface area contributed by atoms with Crippen molar-refractivity contribution in [1.29, 1.82) is 0 Å². The lowest BCUT2D eigenvalue weighted by Crippen LogP contribution is -2.04. The van der Waals surface area contributed by atoms with Crippen LogP contribution in [-0.2, 0) is 12.3 Å². The Labute approximate surface area is 228 Å². The van der Waals surface area contributed by atoms with Gasteiger partial charge in [-0.1, -0.05) is 89.6 Å². The highest BCUT2D eigenvalue weighted by Gasteiger charge is 2.19. The molecule has 0 atom stereocenters. The zero-order chi connectivity index (χ0) is 25.2. The minimum absolute atomic E-state index is 0.496. The minimum Gasteiger partial charge on any atom is -0.467 e. The fraction of sp³-hybridized carbons (Fsp3) is 0.0690. The van der Waals surface area contributed by atoms with Crippen molar-refractivity contribution in [3.8, 4) is 22.6 Å². The molecule has 0 radical (unpaired) electrons. The van der Waals surface area contributed by atoms with E-state index in [1.165, 1.54) is 0 Å². The van der Waals surface area contributed by atoms with Crippen molar-refractivity contribution in [2.45, 2.75) is 17.5 Å². The van der Waals surface area contributed by atoms with Crippen LogP contribution in [0.2, 0.25) is 10.0 Å². The summed E-state index contributed by atoms with van der Waals surface area (Å²) in [4.78, 5) is 4.93. The normalized spacial score (nSPS) is 11.3. The van der Waals surface area contributed by atoms with Crippen molar-refractivity contribution >= 4 is 45.9 Å². The van der Waals surface area contributed by atoms with Gasteiger partial charge in [-0.25, -0.2) is 4.98 Å². The van der Waals surface area contributed by atoms with E-state index in [-0.39, 0.29) is 0 Å². The monoisotopic (exact) mass is 542 g/mol. The largest absolute Gasteiger partial charge is 0.467 e. The van der Waals surface area contributed by atoms with Gasteiger partial charge in [0.25, 0.3) is 0 Å². The van der Waals surface area contributed by atoms with Crippen molar-refractivity contribution in [2.75, 3.05) is 0 Å². The highest BCUT2D eigenvalue weighted by atomic mass is 35.5. The van der Waals surface area contributed by atoms with E-state index < -0.39 is 0 Å². The van der Waals surface area contributed by atoms with Crippen LogP contribution in [0.1, 0.15) is 11.3 Å². The number of thioether (sulfide) groups is 1. The quantitative estimate of drug-likeness (QED) is 0.189. The van der Waals surface area contributed by atoms with E-state index in [0.29, 0.717) is 22.3 Å². The molecule has 0 fully saturated rings. The third kappa shape index (κ3) is 5.01. The van der Waals surface area contributed by atoms with E-state index in [9.17, 15) is 0 Å². The van der Waals surface area contributed by atoms with Gasteiger partial charge in [-0.2, -0.15) is 0 Å². The van der Waals surface area contributed by atoms with Crippen LogP contribution in [0.4, 0.5) is 0 Å². The molecule has 5 nitrogen and oxygen atoms in total. The van der Waals surface area contributed by atoms with Crippen LogP contribution in [0.25, 0.3) is 33.5 Å². The summed E-state index contributed by atoms with van der Waals surface area (Å²) in [6, 6.07) is 29.9. The Kier molecular flexibility index (Phi) is 6.70. The van der Waals surface area contributed by atoms with E-state index in [1.54, 1.807) is 18.0 Å². The average Bonchev–Trinajstić information content (AvgIpc) is 3.59. The number of hydrogen-bond donors (Lipinski definition) is 0. The first-order valence-electron chi connectivity index (χ1n) is 11.6. The van der Waals surface area contributed by atoms with Crippen molar-refractivity contribution < 1.29 is 4.42 Å². The van der Waals surface area contributed by atoms with Crippen LogP contribution >= 0.6 is 35.0 Å². The van der Waals surface area contributed by atoms with E-state index in [0.717, 1.165) is 50.0 Å². The van der Waals surface area contributed by atoms with Crippen LogP contribution in [-0.4, -0.2) is 19.7 Å². The van der Waals surface area contributed by atoms with Crippen LogP contribution in [0, 0.1) is 0 Å². The predicted octanol–water partition coefficient (Wildman–Crippen LogP) is 8.40. The number of rotatable bonds is 7. The minimum atomic E-state index is 0.496. The third-order valence-corrected chi connectivity index (χ3v) is 7.77. The Morgan fingerprint density at radius 1 is 0.811 bits per heavy atom. The average molecular weight is 543 g/mol. The maximum atomic E-state index is 6.23. The maximum absolute atomic E-state index is 6.23. The lowest BCUT2D eigenvalue weighted by molar-refractivity contribution is 0.485. The first-order valence-corrected chi connectivity index (χ1v) is 13.4. The third-order valence-electron chi connectivity index (χ3n) is 5.99. The Bertz CT molecular complexity index is 1680. The van der Waals surface area contributed by atoms with Gasteiger partial charge in [-0.15, -0.1) is 10.2 Å². The standard InChI is InChI=1S/C29H20Cl2N4OS/c30-24-13-12-19(15-25(24)31)18-37-29-34-33-28(35(29)17-21-9-6-14-36-21)23-16-27(20-7-2-1-3-8-20)32-26-11-5-4-10-22(23)26/h1-16H,17-18H2. The van der Waals surface area contributed by atoms with Crippen molar-refractivity contribution in [3.05, 3.63) is 119 Å². The Morgan fingerprint density at radius 2 is 1.65 bits per heavy atom. The molecule has 3 aromatic heterocycles. The van der Waals surface area contributed by atoms with Crippen LogP contribution in [0.5, 0.6) is 0 Å². The molecule has 37 heavy (non-hydrogen) atoms. The zero-order valence-electron chi connectivity index (χ0n) is 19.5. The van der Waals surface area contributed by atoms with E-state index in [4.69, 9.17) is 32.6 Å². The van der Waals surface area contributed by atoms with Crippen LogP contribution < -0.4 is 0 Å². The molecule has 0 saturated heterocycles. The molecule has 0 bridgehead atoms. The molecule has 182 valence electrons. The summed E-state index contributed by atoms with van der Waals surface area (Å²) < 4.78 is 7.79. The van der Waals surface area contributed by atoms with Crippen molar-refractivity contribution in [1.82, 2.24) is 19.7 Å². The molecule has 0 aliphatic carbocycles. The highest BCUT2D eigenvalue weighted by molar-refractivity contribution is 7.98. The summed E-state index contributed by atoms with van der Waals surface area (Å²) in [6.07, 6.45) is 1.68. The van der Waals surface area contributed by atoms with Gasteiger partial charge in [0.2, 0.25) is 0 Å². The fourth-order valence-corrected chi connectivity index (χ4v) is 5.39. The SMILES string of the molecule is Clc1ccc(CSc2nnc(-c3cc(-c4ccccc4)nc4ccccc34)n2Cc2ccco2)cc1Cl. The number of fused-ring (bicyclic) bond motifs is 1. The molecule has 0 aliphatic rings. The van der Waals surface area contributed by atoms with E-state index in [2.05, 4.69) is 39.0 Å². The topological polar surface area (TPSA) is 56.7 Å². The molecule has 0 unspecified atom stereocenters. The molecular weight excluding hydrogens is 523 g/mol. The Balaban J connectivity index is 1.46. The molecule has 6 rings (SSSR count). The van der Waals surface area contributed by atoms with Crippen molar-refractivity contribution in [3.63, 3.8) is 0 Å². The lowest BCUT2D eigenvalue weighted by Gasteiger charge is -2.12. The second kappa shape index (κ2) is 10.4. The molecule has 0 N–H and O–H groups in total. The van der Waals surface area contributed by atoms with Crippen LogP contribution in [0.3, 0.4) is 0 Å². The van der Waals surface area contributed by atoms with Gasteiger partial charge in [0.05, 0.1) is 34.1 Å². The number of pyridine rings is 1. The lowest BCUT2D eigenvalue weighted by atomic mass is 10.0. The number of furan rings is 1. The van der Waals surface area contributed by atoms with Gasteiger partial charge in [0.15, 0.2) is 11.0 Å². The second-order valence-corrected chi connectivity index (χ2v) is 10.2. The van der Waals surface area contributed by atoms with E-state index in [1.807, 2.05) is 66.7 Å². The molecule has 3 heterocycles. The second-order valence-electron chi connectivity index (χ2n) is 8.45. The number of aromatic nitrogens is 4. The van der Waals surface area contributed by atoms with Crippen molar-refractivity contribution in [2.24, 2.45) is 0 Å². The fourth-order valence-electron chi connectivity index (χ4n) is 4.19. The summed E-state index contributed by atoms with van der Waals surface area (Å²) in [5.41, 5.74) is 4.84. The molecular formula is C29H20Cl2N4OS. The Morgan fingerprint density at radius 3 is 2.46 bits per heavy atom. The summed E-state index contributed by atoms with van der Waals surface area (Å²) in [5.74, 6) is 2.24. The summed E-state index contributed by atoms with van der Waals surface area (Å²) in [7, 11) is 0. The molecule has 0 spiro atoms. The van der Waals surface area contributed by atoms with Crippen LogP contribution in [0.15, 0.2) is 107 Å². The number of benzene rings is 3. The molecule has 0 aliphatic heterocycles. The number of halogens is 2. The first kappa shape index (κ1) is 23.8. The molecule has 6 aromatic rings. The molecule has 8 heteroatoms. The van der Waals surface area contributed by atoms with Gasteiger partial charge in [-0.05, 0) is 42.0 Å². The van der Waals surface area contributed by atoms with Gasteiger partial charge in [-0.3, -0.25) is 4.57 Å². The van der Waals surface area contributed by atoms with Gasteiger partial charge >= 0.3 is 0 Å². The van der Waals surface area contributed by atoms with E-state index >= 15 is 0 Å². The number of nitrogens with zero attached hydrogens (tertiary/aromatic N) is 4. The highest BCUT2D eigenvalue weighted by Crippen LogP contribution is 2.34. The molecule has 3 aromatic carbocycles. The number of para-hydroxylation sites is 1. The summed E-state index contributed by atoms with van der Waals surface area (Å²) in [6.45, 7) is 0.496. The predicted molar refractivity (Wildman–Crippen MR) is 150 cm³/mol.